The zero-order valence-electron chi connectivity index (χ0n) is 9.54. The Bertz CT molecular complexity index is 607. The van der Waals surface area contributed by atoms with Gasteiger partial charge in [0.25, 0.3) is 0 Å². The zero-order chi connectivity index (χ0) is 13.1. The maximum absolute atomic E-state index is 13.1. The van der Waals surface area contributed by atoms with E-state index >= 15 is 0 Å². The number of nitrogens with zero attached hydrogens (tertiary/aromatic N) is 1. The number of halogens is 2. The van der Waals surface area contributed by atoms with Gasteiger partial charge in [-0.15, -0.1) is 0 Å². The van der Waals surface area contributed by atoms with Crippen molar-refractivity contribution >= 4 is 12.2 Å². The van der Waals surface area contributed by atoms with E-state index in [-0.39, 0.29) is 6.61 Å². The summed E-state index contributed by atoms with van der Waals surface area (Å²) in [6, 6.07) is 4.80. The van der Waals surface area contributed by atoms with Crippen LogP contribution in [0.4, 0.5) is 8.78 Å². The van der Waals surface area contributed by atoms with Gasteiger partial charge in [0.2, 0.25) is 0 Å². The summed E-state index contributed by atoms with van der Waals surface area (Å²) in [7, 11) is 1.52. The minimum atomic E-state index is -0.644. The summed E-state index contributed by atoms with van der Waals surface area (Å²) in [5.41, 5.74) is 0.874. The number of hydrogen-bond acceptors (Lipinski definition) is 3. The minimum Gasteiger partial charge on any atom is -0.377 e. The SMILES string of the molecule is COCc1nc(=S)cc(-c2cc(F)cc(F)c2)[nH]1. The molecule has 2 rings (SSSR count). The predicted molar refractivity (Wildman–Crippen MR) is 65.5 cm³/mol. The highest BCUT2D eigenvalue weighted by Gasteiger charge is 2.05. The molecule has 18 heavy (non-hydrogen) atoms. The summed E-state index contributed by atoms with van der Waals surface area (Å²) < 4.78 is 31.6. The average Bonchev–Trinajstić information content (AvgIpc) is 2.27. The number of H-pyrrole nitrogens is 1. The predicted octanol–water partition coefficient (Wildman–Crippen LogP) is 3.23. The summed E-state index contributed by atoms with van der Waals surface area (Å²) >= 11 is 4.99. The van der Waals surface area contributed by atoms with Crippen LogP contribution in [-0.2, 0) is 11.3 Å². The molecule has 0 bridgehead atoms. The molecule has 0 aliphatic heterocycles. The number of aromatic nitrogens is 2. The van der Waals surface area contributed by atoms with Gasteiger partial charge in [0.05, 0.1) is 0 Å². The van der Waals surface area contributed by atoms with Crippen molar-refractivity contribution in [3.8, 4) is 11.3 Å². The molecule has 2 aromatic rings. The highest BCUT2D eigenvalue weighted by molar-refractivity contribution is 7.71. The van der Waals surface area contributed by atoms with Crippen LogP contribution in [0.3, 0.4) is 0 Å². The summed E-state index contributed by atoms with van der Waals surface area (Å²) in [6.45, 7) is 0.245. The van der Waals surface area contributed by atoms with E-state index in [1.54, 1.807) is 6.07 Å². The van der Waals surface area contributed by atoms with Crippen LogP contribution in [0, 0.1) is 16.3 Å². The Labute approximate surface area is 107 Å². The second kappa shape index (κ2) is 5.32. The van der Waals surface area contributed by atoms with E-state index in [0.717, 1.165) is 6.07 Å². The molecule has 0 fully saturated rings. The molecule has 0 amide bonds. The molecule has 0 aliphatic rings. The van der Waals surface area contributed by atoms with Gasteiger partial charge in [-0.2, -0.15) is 0 Å². The third kappa shape index (κ3) is 2.96. The van der Waals surface area contributed by atoms with Gasteiger partial charge in [0, 0.05) is 24.4 Å². The Morgan fingerprint density at radius 2 is 1.89 bits per heavy atom. The minimum absolute atomic E-state index is 0.245. The molecule has 6 heteroatoms. The molecule has 1 N–H and O–H groups in total. The fraction of sp³-hybridized carbons (Fsp3) is 0.167. The lowest BCUT2D eigenvalue weighted by Crippen LogP contribution is -1.99. The Balaban J connectivity index is 2.52. The monoisotopic (exact) mass is 268 g/mol. The highest BCUT2D eigenvalue weighted by Crippen LogP contribution is 2.20. The Kier molecular flexibility index (Phi) is 3.78. The van der Waals surface area contributed by atoms with Crippen LogP contribution in [0.25, 0.3) is 11.3 Å². The molecule has 0 saturated carbocycles. The summed E-state index contributed by atoms with van der Waals surface area (Å²) in [5, 5.41) is 0. The van der Waals surface area contributed by atoms with Gasteiger partial charge in [-0.05, 0) is 18.2 Å². The van der Waals surface area contributed by atoms with E-state index in [9.17, 15) is 8.78 Å². The number of methoxy groups -OCH3 is 1. The Morgan fingerprint density at radius 1 is 1.22 bits per heavy atom. The number of ether oxygens (including phenoxy) is 1. The first-order chi connectivity index (χ1) is 8.58. The molecule has 1 aromatic carbocycles. The van der Waals surface area contributed by atoms with Crippen LogP contribution in [0.15, 0.2) is 24.3 Å². The topological polar surface area (TPSA) is 37.9 Å². The van der Waals surface area contributed by atoms with Crippen molar-refractivity contribution in [3.05, 3.63) is 46.4 Å². The van der Waals surface area contributed by atoms with Gasteiger partial charge in [-0.1, -0.05) is 12.2 Å². The van der Waals surface area contributed by atoms with Crippen molar-refractivity contribution in [2.24, 2.45) is 0 Å². The summed E-state index contributed by atoms with van der Waals surface area (Å²) in [4.78, 5) is 6.96. The zero-order valence-corrected chi connectivity index (χ0v) is 10.4. The number of nitrogens with one attached hydrogen (secondary N) is 1. The number of hydrogen-bond donors (Lipinski definition) is 1. The molecular formula is C12H10F2N2OS. The van der Waals surface area contributed by atoms with E-state index in [1.807, 2.05) is 0 Å². The molecule has 0 atom stereocenters. The lowest BCUT2D eigenvalue weighted by atomic mass is 10.1. The summed E-state index contributed by atoms with van der Waals surface area (Å²) in [5.74, 6) is -0.784. The first kappa shape index (κ1) is 12.8. The van der Waals surface area contributed by atoms with Crippen LogP contribution in [0.1, 0.15) is 5.82 Å². The van der Waals surface area contributed by atoms with Crippen molar-refractivity contribution in [1.29, 1.82) is 0 Å². The second-order valence-corrected chi connectivity index (χ2v) is 4.09. The van der Waals surface area contributed by atoms with Crippen LogP contribution >= 0.6 is 12.2 Å². The lowest BCUT2D eigenvalue weighted by molar-refractivity contribution is 0.177. The van der Waals surface area contributed by atoms with Crippen LogP contribution < -0.4 is 0 Å². The van der Waals surface area contributed by atoms with Crippen molar-refractivity contribution in [3.63, 3.8) is 0 Å². The Morgan fingerprint density at radius 3 is 2.50 bits per heavy atom. The first-order valence-electron chi connectivity index (χ1n) is 5.14. The normalized spacial score (nSPS) is 10.6. The largest absolute Gasteiger partial charge is 0.377 e. The third-order valence-corrected chi connectivity index (χ3v) is 2.46. The fourth-order valence-corrected chi connectivity index (χ4v) is 1.81. The van der Waals surface area contributed by atoms with E-state index in [2.05, 4.69) is 9.97 Å². The van der Waals surface area contributed by atoms with Gasteiger partial charge in [-0.25, -0.2) is 13.8 Å². The van der Waals surface area contributed by atoms with E-state index in [4.69, 9.17) is 17.0 Å². The van der Waals surface area contributed by atoms with Crippen LogP contribution in [0.5, 0.6) is 0 Å². The van der Waals surface area contributed by atoms with Crippen LogP contribution in [-0.4, -0.2) is 17.1 Å². The maximum atomic E-state index is 13.1. The smallest absolute Gasteiger partial charge is 0.134 e. The number of benzene rings is 1. The first-order valence-corrected chi connectivity index (χ1v) is 5.55. The molecule has 0 unspecified atom stereocenters. The second-order valence-electron chi connectivity index (χ2n) is 3.67. The molecule has 0 aliphatic carbocycles. The fourth-order valence-electron chi connectivity index (χ4n) is 1.58. The molecular weight excluding hydrogens is 258 g/mol. The Hall–Kier alpha value is -1.66. The van der Waals surface area contributed by atoms with Crippen molar-refractivity contribution in [2.45, 2.75) is 6.61 Å². The molecule has 0 spiro atoms. The molecule has 3 nitrogen and oxygen atoms in total. The lowest BCUT2D eigenvalue weighted by Gasteiger charge is -2.06. The number of aromatic amines is 1. The van der Waals surface area contributed by atoms with Crippen molar-refractivity contribution in [1.82, 2.24) is 9.97 Å². The van der Waals surface area contributed by atoms with Gasteiger partial charge in [-0.3, -0.25) is 0 Å². The average molecular weight is 268 g/mol. The third-order valence-electron chi connectivity index (χ3n) is 2.25. The van der Waals surface area contributed by atoms with E-state index in [1.165, 1.54) is 19.2 Å². The summed E-state index contributed by atoms with van der Waals surface area (Å²) in [6.07, 6.45) is 0. The van der Waals surface area contributed by atoms with Crippen molar-refractivity contribution in [2.75, 3.05) is 7.11 Å². The van der Waals surface area contributed by atoms with Crippen molar-refractivity contribution < 1.29 is 13.5 Å². The molecule has 1 heterocycles. The molecule has 94 valence electrons. The molecule has 0 radical (unpaired) electrons. The molecule has 0 saturated heterocycles. The maximum Gasteiger partial charge on any atom is 0.134 e. The van der Waals surface area contributed by atoms with Gasteiger partial charge in [0.15, 0.2) is 0 Å². The standard InChI is InChI=1S/C12H10F2N2OS/c1-17-6-11-15-10(5-12(18)16-11)7-2-8(13)4-9(14)3-7/h2-5H,6H2,1H3,(H,15,16,18). The van der Waals surface area contributed by atoms with Gasteiger partial charge >= 0.3 is 0 Å². The number of rotatable bonds is 3. The van der Waals surface area contributed by atoms with E-state index < -0.39 is 11.6 Å². The molecule has 1 aromatic heterocycles. The quantitative estimate of drug-likeness (QED) is 0.868. The van der Waals surface area contributed by atoms with E-state index in [0.29, 0.717) is 21.7 Å². The highest BCUT2D eigenvalue weighted by atomic mass is 32.1. The van der Waals surface area contributed by atoms with Crippen LogP contribution in [0.2, 0.25) is 0 Å². The van der Waals surface area contributed by atoms with Gasteiger partial charge < -0.3 is 9.72 Å². The van der Waals surface area contributed by atoms with Gasteiger partial charge in [0.1, 0.15) is 28.7 Å².